The third-order valence-corrected chi connectivity index (χ3v) is 12.2. The van der Waals surface area contributed by atoms with Gasteiger partial charge in [-0.2, -0.15) is 0 Å². The fourth-order valence-electron chi connectivity index (χ4n) is 7.10. The lowest BCUT2D eigenvalue weighted by molar-refractivity contribution is -0.143. The molecule has 0 aromatic heterocycles. The second-order valence-electron chi connectivity index (χ2n) is 15.1. The Morgan fingerprint density at radius 1 is 1.14 bits per heavy atom. The second kappa shape index (κ2) is 12.9. The van der Waals surface area contributed by atoms with Crippen molar-refractivity contribution >= 4 is 51.2 Å². The Kier molecular flexibility index (Phi) is 9.27. The topological polar surface area (TPSA) is 173 Å². The molecule has 1 spiro atoms. The highest BCUT2D eigenvalue weighted by molar-refractivity contribution is 7.91. The van der Waals surface area contributed by atoms with E-state index < -0.39 is 73.6 Å². The first-order valence-electron chi connectivity index (χ1n) is 16.9. The molecule has 1 aromatic carbocycles. The first-order chi connectivity index (χ1) is 23.1. The maximum absolute atomic E-state index is 14.5. The van der Waals surface area contributed by atoms with Gasteiger partial charge in [0.05, 0.1) is 17.5 Å². The van der Waals surface area contributed by atoms with Crippen LogP contribution >= 0.6 is 11.6 Å². The molecule has 0 radical (unpaired) electrons. The fourth-order valence-corrected chi connectivity index (χ4v) is 8.65. The Hall–Kier alpha value is -3.65. The number of nitrogens with one attached hydrogen (secondary N) is 3. The van der Waals surface area contributed by atoms with E-state index >= 15 is 0 Å². The number of nitrogens with zero attached hydrogens (tertiary/aromatic N) is 2. The summed E-state index contributed by atoms with van der Waals surface area (Å²) < 4.78 is 33.1. The molecular weight excluding hydrogens is 674 g/mol. The minimum Gasteiger partial charge on any atom is -0.446 e. The van der Waals surface area contributed by atoms with Gasteiger partial charge in [-0.25, -0.2) is 13.2 Å². The number of carbonyl (C=O) groups is 4. The minimum absolute atomic E-state index is 0.0261. The summed E-state index contributed by atoms with van der Waals surface area (Å²) in [5, 5.41) is 9.77. The number of benzene rings is 1. The number of sulfonamides is 1. The van der Waals surface area contributed by atoms with Crippen LogP contribution in [0.2, 0.25) is 5.02 Å². The van der Waals surface area contributed by atoms with Crippen LogP contribution < -0.4 is 15.4 Å². The number of oxime groups is 1. The van der Waals surface area contributed by atoms with Crippen LogP contribution in [-0.2, 0) is 34.0 Å². The standard InChI is InChI=1S/C34H44ClN5O8S/c1-5-21-16-34(21,30(43)39-49(45,46)24-13-14-24)37-28(41)26-18-33(17-25(38-48-33)20-9-8-10-22(35)15-20)19-40(26)29(42)27(32(2,3)4)36-31(44)47-23-11-6-7-12-23/h5,8-10,15,21,23-24,26-27H,1,6-7,11-14,16-19H2,2-4H3,(H,36,44)(H,37,41)(H,39,43)/t21-,26+,27-,33-,34-/m1/s1. The van der Waals surface area contributed by atoms with Crippen LogP contribution in [0.1, 0.15) is 84.1 Å². The molecule has 15 heteroatoms. The molecule has 3 saturated carbocycles. The van der Waals surface area contributed by atoms with Gasteiger partial charge < -0.3 is 25.1 Å². The number of hydrogen-bond donors (Lipinski definition) is 3. The summed E-state index contributed by atoms with van der Waals surface area (Å²) in [7, 11) is -3.89. The Labute approximate surface area is 291 Å². The van der Waals surface area contributed by atoms with Crippen molar-refractivity contribution in [1.82, 2.24) is 20.3 Å². The summed E-state index contributed by atoms with van der Waals surface area (Å²) in [5.41, 5.74) is -2.09. The number of halogens is 1. The molecule has 3 aliphatic carbocycles. The molecule has 0 bridgehead atoms. The highest BCUT2D eigenvalue weighted by Gasteiger charge is 2.63. The molecular formula is C34H44ClN5O8S. The van der Waals surface area contributed by atoms with Gasteiger partial charge in [0.1, 0.15) is 23.7 Å². The average Bonchev–Trinajstić information content (AvgIpc) is 3.86. The lowest BCUT2D eigenvalue weighted by Gasteiger charge is -2.35. The number of amides is 4. The molecule has 5 atom stereocenters. The molecule has 0 unspecified atom stereocenters. The van der Waals surface area contributed by atoms with Crippen LogP contribution in [0, 0.1) is 11.3 Å². The van der Waals surface area contributed by atoms with Crippen molar-refractivity contribution < 1.29 is 37.2 Å². The summed E-state index contributed by atoms with van der Waals surface area (Å²) in [4.78, 5) is 62.6. The summed E-state index contributed by atoms with van der Waals surface area (Å²) in [6, 6.07) is 4.89. The maximum Gasteiger partial charge on any atom is 0.408 e. The molecule has 2 heterocycles. The number of alkyl carbamates (subject to hydrolysis) is 1. The molecule has 6 rings (SSSR count). The summed E-state index contributed by atoms with van der Waals surface area (Å²) in [5.74, 6) is -2.54. The van der Waals surface area contributed by atoms with Gasteiger partial charge >= 0.3 is 6.09 Å². The van der Waals surface area contributed by atoms with E-state index in [4.69, 9.17) is 21.2 Å². The van der Waals surface area contributed by atoms with Crippen molar-refractivity contribution in [3.8, 4) is 0 Å². The molecule has 13 nitrogen and oxygen atoms in total. The van der Waals surface area contributed by atoms with Gasteiger partial charge in [-0.05, 0) is 62.5 Å². The van der Waals surface area contributed by atoms with Crippen LogP contribution in [0.15, 0.2) is 42.1 Å². The second-order valence-corrected chi connectivity index (χ2v) is 17.5. The molecule has 5 aliphatic rings. The zero-order chi connectivity index (χ0) is 35.4. The van der Waals surface area contributed by atoms with Gasteiger partial charge in [-0.1, -0.05) is 55.7 Å². The van der Waals surface area contributed by atoms with E-state index in [1.54, 1.807) is 39.0 Å². The van der Waals surface area contributed by atoms with E-state index in [0.717, 1.165) is 31.2 Å². The van der Waals surface area contributed by atoms with Crippen molar-refractivity contribution in [2.75, 3.05) is 6.54 Å². The largest absolute Gasteiger partial charge is 0.446 e. The molecule has 4 fully saturated rings. The zero-order valence-corrected chi connectivity index (χ0v) is 29.6. The lowest BCUT2D eigenvalue weighted by atomic mass is 9.85. The number of carbonyl (C=O) groups excluding carboxylic acids is 4. The molecule has 4 amide bonds. The van der Waals surface area contributed by atoms with Crippen molar-refractivity contribution in [3.63, 3.8) is 0 Å². The van der Waals surface area contributed by atoms with Gasteiger partial charge in [0.2, 0.25) is 21.8 Å². The highest BCUT2D eigenvalue weighted by atomic mass is 35.5. The Morgan fingerprint density at radius 2 is 1.86 bits per heavy atom. The van der Waals surface area contributed by atoms with Crippen LogP contribution in [0.3, 0.4) is 0 Å². The van der Waals surface area contributed by atoms with Gasteiger partial charge in [-0.3, -0.25) is 19.1 Å². The van der Waals surface area contributed by atoms with E-state index in [9.17, 15) is 27.6 Å². The van der Waals surface area contributed by atoms with E-state index in [-0.39, 0.29) is 31.9 Å². The summed E-state index contributed by atoms with van der Waals surface area (Å²) in [6.45, 7) is 9.14. The monoisotopic (exact) mass is 717 g/mol. The van der Waals surface area contributed by atoms with Gasteiger partial charge in [0.25, 0.3) is 5.91 Å². The first kappa shape index (κ1) is 35.2. The molecule has 3 N–H and O–H groups in total. The lowest BCUT2D eigenvalue weighted by Crippen LogP contribution is -2.60. The maximum atomic E-state index is 14.5. The van der Waals surface area contributed by atoms with Crippen LogP contribution in [0.5, 0.6) is 0 Å². The highest BCUT2D eigenvalue weighted by Crippen LogP contribution is 2.46. The van der Waals surface area contributed by atoms with E-state index in [0.29, 0.717) is 23.6 Å². The predicted molar refractivity (Wildman–Crippen MR) is 181 cm³/mol. The van der Waals surface area contributed by atoms with Crippen molar-refractivity contribution in [2.24, 2.45) is 16.5 Å². The quantitative estimate of drug-likeness (QED) is 0.308. The molecule has 2 aliphatic heterocycles. The van der Waals surface area contributed by atoms with Crippen molar-refractivity contribution in [3.05, 3.63) is 47.5 Å². The Morgan fingerprint density at radius 3 is 2.47 bits per heavy atom. The van der Waals surface area contributed by atoms with Crippen LogP contribution in [-0.4, -0.2) is 84.0 Å². The average molecular weight is 718 g/mol. The number of hydrogen-bond acceptors (Lipinski definition) is 9. The van der Waals surface area contributed by atoms with E-state index in [1.807, 2.05) is 6.07 Å². The number of rotatable bonds is 10. The van der Waals surface area contributed by atoms with E-state index in [1.165, 1.54) is 11.0 Å². The minimum atomic E-state index is -3.89. The number of likely N-dealkylation sites (tertiary alicyclic amines) is 1. The first-order valence-corrected chi connectivity index (χ1v) is 18.8. The Balaban J connectivity index is 1.26. The number of ether oxygens (including phenoxy) is 1. The zero-order valence-electron chi connectivity index (χ0n) is 28.0. The molecule has 49 heavy (non-hydrogen) atoms. The van der Waals surface area contributed by atoms with Gasteiger partial charge in [0, 0.05) is 29.3 Å². The fraction of sp³-hybridized carbons (Fsp3) is 0.618. The van der Waals surface area contributed by atoms with Gasteiger partial charge in [-0.15, -0.1) is 6.58 Å². The van der Waals surface area contributed by atoms with Crippen molar-refractivity contribution in [1.29, 1.82) is 0 Å². The summed E-state index contributed by atoms with van der Waals surface area (Å²) in [6.07, 6.45) is 5.38. The third-order valence-electron chi connectivity index (χ3n) is 10.2. The van der Waals surface area contributed by atoms with E-state index in [2.05, 4.69) is 27.1 Å². The molecule has 266 valence electrons. The molecule has 1 aromatic rings. The predicted octanol–water partition coefficient (Wildman–Crippen LogP) is 3.56. The van der Waals surface area contributed by atoms with Crippen molar-refractivity contribution in [2.45, 2.75) is 113 Å². The molecule has 1 saturated heterocycles. The summed E-state index contributed by atoms with van der Waals surface area (Å²) >= 11 is 6.23. The van der Waals surface area contributed by atoms with Crippen LogP contribution in [0.4, 0.5) is 4.79 Å². The van der Waals surface area contributed by atoms with Crippen LogP contribution in [0.25, 0.3) is 0 Å². The Bertz CT molecular complexity index is 1680. The normalized spacial score (nSPS) is 28.7. The van der Waals surface area contributed by atoms with Gasteiger partial charge in [0.15, 0.2) is 5.60 Å². The smallest absolute Gasteiger partial charge is 0.408 e. The third kappa shape index (κ3) is 7.30. The SMILES string of the molecule is C=C[C@@H]1C[C@]1(NC(=O)[C@@H]1C[C@]2(CC(c3cccc(Cl)c3)=NO2)CN1C(=O)[C@@H](NC(=O)OC1CCCC1)C(C)(C)C)C(=O)NS(=O)(=O)C1CC1.